The Balaban J connectivity index is 1.89. The molecule has 0 spiro atoms. The van der Waals surface area contributed by atoms with Crippen LogP contribution in [0.25, 0.3) is 0 Å². The third-order valence-electron chi connectivity index (χ3n) is 3.81. The van der Waals surface area contributed by atoms with Crippen LogP contribution in [-0.4, -0.2) is 22.5 Å². The molecule has 1 heterocycles. The van der Waals surface area contributed by atoms with Crippen LogP contribution in [0.5, 0.6) is 0 Å². The highest BCUT2D eigenvalue weighted by Crippen LogP contribution is 2.39. The molecular formula is C14H22N2S. The SMILES string of the molecule is CSC1(CNC(C)c2ccccn2)CCCC1. The molecule has 17 heavy (non-hydrogen) atoms. The van der Waals surface area contributed by atoms with Gasteiger partial charge < -0.3 is 5.32 Å². The second-order valence-corrected chi connectivity index (χ2v) is 6.23. The van der Waals surface area contributed by atoms with Gasteiger partial charge in [-0.15, -0.1) is 0 Å². The normalized spacial score (nSPS) is 20.4. The number of hydrogen-bond donors (Lipinski definition) is 1. The predicted octanol–water partition coefficient (Wildman–Crippen LogP) is 3.41. The van der Waals surface area contributed by atoms with E-state index in [1.807, 2.05) is 24.0 Å². The van der Waals surface area contributed by atoms with Crippen molar-refractivity contribution in [1.29, 1.82) is 0 Å². The van der Waals surface area contributed by atoms with Crippen LogP contribution in [0.15, 0.2) is 24.4 Å². The van der Waals surface area contributed by atoms with Gasteiger partial charge in [-0.2, -0.15) is 11.8 Å². The lowest BCUT2D eigenvalue weighted by atomic mass is 10.1. The molecule has 1 N–H and O–H groups in total. The molecule has 2 nitrogen and oxygen atoms in total. The van der Waals surface area contributed by atoms with Crippen molar-refractivity contribution in [2.45, 2.75) is 43.4 Å². The molecule has 1 aromatic rings. The molecule has 1 atom stereocenters. The van der Waals surface area contributed by atoms with Crippen molar-refractivity contribution in [3.05, 3.63) is 30.1 Å². The van der Waals surface area contributed by atoms with E-state index < -0.39 is 0 Å². The van der Waals surface area contributed by atoms with Crippen molar-refractivity contribution in [2.24, 2.45) is 0 Å². The van der Waals surface area contributed by atoms with Crippen molar-refractivity contribution in [3.8, 4) is 0 Å². The van der Waals surface area contributed by atoms with Crippen LogP contribution >= 0.6 is 11.8 Å². The van der Waals surface area contributed by atoms with Gasteiger partial charge in [0.2, 0.25) is 0 Å². The fraction of sp³-hybridized carbons (Fsp3) is 0.643. The highest BCUT2D eigenvalue weighted by Gasteiger charge is 2.32. The van der Waals surface area contributed by atoms with Gasteiger partial charge in [0.1, 0.15) is 0 Å². The number of thioether (sulfide) groups is 1. The Kier molecular flexibility index (Phi) is 4.46. The molecule has 1 aliphatic carbocycles. The topological polar surface area (TPSA) is 24.9 Å². The lowest BCUT2D eigenvalue weighted by molar-refractivity contribution is 0.481. The zero-order valence-electron chi connectivity index (χ0n) is 10.8. The first-order valence-corrected chi connectivity index (χ1v) is 7.68. The summed E-state index contributed by atoms with van der Waals surface area (Å²) >= 11 is 2.03. The standard InChI is InChI=1S/C14H22N2S/c1-12(13-7-3-6-10-15-13)16-11-14(17-2)8-4-5-9-14/h3,6-7,10,12,16H,4-5,8-9,11H2,1-2H3. The van der Waals surface area contributed by atoms with E-state index in [0.717, 1.165) is 12.2 Å². The summed E-state index contributed by atoms with van der Waals surface area (Å²) in [5.74, 6) is 0. The minimum atomic E-state index is 0.348. The molecule has 0 radical (unpaired) electrons. The number of hydrogen-bond acceptors (Lipinski definition) is 3. The molecule has 94 valence electrons. The van der Waals surface area contributed by atoms with Crippen LogP contribution in [0.3, 0.4) is 0 Å². The quantitative estimate of drug-likeness (QED) is 0.867. The molecule has 3 heteroatoms. The van der Waals surface area contributed by atoms with Crippen molar-refractivity contribution in [2.75, 3.05) is 12.8 Å². The van der Waals surface area contributed by atoms with Crippen molar-refractivity contribution < 1.29 is 0 Å². The van der Waals surface area contributed by atoms with Gasteiger partial charge >= 0.3 is 0 Å². The van der Waals surface area contributed by atoms with Gasteiger partial charge in [0.05, 0.1) is 5.69 Å². The lowest BCUT2D eigenvalue weighted by Crippen LogP contribution is -2.36. The summed E-state index contributed by atoms with van der Waals surface area (Å²) in [5.41, 5.74) is 1.14. The summed E-state index contributed by atoms with van der Waals surface area (Å²) in [4.78, 5) is 4.40. The van der Waals surface area contributed by atoms with E-state index in [1.54, 1.807) is 0 Å². The minimum absolute atomic E-state index is 0.348. The molecule has 0 saturated heterocycles. The number of aromatic nitrogens is 1. The van der Waals surface area contributed by atoms with E-state index in [-0.39, 0.29) is 0 Å². The summed E-state index contributed by atoms with van der Waals surface area (Å²) in [6.07, 6.45) is 9.61. The maximum absolute atomic E-state index is 4.40. The van der Waals surface area contributed by atoms with Gasteiger partial charge in [-0.3, -0.25) is 4.98 Å². The average Bonchev–Trinajstić information content (AvgIpc) is 2.86. The van der Waals surface area contributed by atoms with Crippen LogP contribution in [0.4, 0.5) is 0 Å². The van der Waals surface area contributed by atoms with E-state index in [9.17, 15) is 0 Å². The van der Waals surface area contributed by atoms with Crippen LogP contribution in [-0.2, 0) is 0 Å². The summed E-state index contributed by atoms with van der Waals surface area (Å²) in [7, 11) is 0. The first kappa shape index (κ1) is 12.9. The monoisotopic (exact) mass is 250 g/mol. The van der Waals surface area contributed by atoms with Crippen molar-refractivity contribution in [1.82, 2.24) is 10.3 Å². The van der Waals surface area contributed by atoms with Gasteiger partial charge in [0.15, 0.2) is 0 Å². The summed E-state index contributed by atoms with van der Waals surface area (Å²) < 4.78 is 0.475. The fourth-order valence-electron chi connectivity index (χ4n) is 2.55. The van der Waals surface area contributed by atoms with Gasteiger partial charge in [-0.05, 0) is 38.2 Å². The largest absolute Gasteiger partial charge is 0.307 e. The molecule has 1 aromatic heterocycles. The molecule has 0 aromatic carbocycles. The zero-order valence-corrected chi connectivity index (χ0v) is 11.6. The molecule has 0 amide bonds. The zero-order chi connectivity index (χ0) is 12.1. The summed E-state index contributed by atoms with van der Waals surface area (Å²) in [5, 5.41) is 3.65. The first-order chi connectivity index (χ1) is 8.26. The highest BCUT2D eigenvalue weighted by molar-refractivity contribution is 8.00. The van der Waals surface area contributed by atoms with E-state index in [2.05, 4.69) is 35.6 Å². The maximum atomic E-state index is 4.40. The Morgan fingerprint density at radius 1 is 1.41 bits per heavy atom. The van der Waals surface area contributed by atoms with E-state index in [1.165, 1.54) is 25.7 Å². The van der Waals surface area contributed by atoms with Crippen LogP contribution in [0, 0.1) is 0 Å². The van der Waals surface area contributed by atoms with Gasteiger partial charge in [0.25, 0.3) is 0 Å². The Bertz CT molecular complexity index is 333. The molecule has 1 saturated carbocycles. The molecule has 2 rings (SSSR count). The van der Waals surface area contributed by atoms with E-state index in [0.29, 0.717) is 10.8 Å². The minimum Gasteiger partial charge on any atom is -0.307 e. The predicted molar refractivity (Wildman–Crippen MR) is 75.4 cm³/mol. The average molecular weight is 250 g/mol. The lowest BCUT2D eigenvalue weighted by Gasteiger charge is -2.28. The molecule has 1 aliphatic rings. The molecule has 0 aliphatic heterocycles. The Morgan fingerprint density at radius 2 is 2.18 bits per heavy atom. The number of rotatable bonds is 5. The Labute approximate surface area is 109 Å². The third-order valence-corrected chi connectivity index (χ3v) is 5.23. The van der Waals surface area contributed by atoms with E-state index >= 15 is 0 Å². The smallest absolute Gasteiger partial charge is 0.0570 e. The number of nitrogens with one attached hydrogen (secondary N) is 1. The maximum Gasteiger partial charge on any atom is 0.0570 e. The Morgan fingerprint density at radius 3 is 2.76 bits per heavy atom. The molecule has 1 fully saturated rings. The summed E-state index contributed by atoms with van der Waals surface area (Å²) in [6.45, 7) is 3.30. The first-order valence-electron chi connectivity index (χ1n) is 6.45. The molecule has 1 unspecified atom stereocenters. The number of nitrogens with zero attached hydrogens (tertiary/aromatic N) is 1. The van der Waals surface area contributed by atoms with Crippen LogP contribution in [0.2, 0.25) is 0 Å². The fourth-order valence-corrected chi connectivity index (χ4v) is 3.47. The Hall–Kier alpha value is -0.540. The second kappa shape index (κ2) is 5.87. The van der Waals surface area contributed by atoms with E-state index in [4.69, 9.17) is 0 Å². The second-order valence-electron chi connectivity index (χ2n) is 4.95. The highest BCUT2D eigenvalue weighted by atomic mass is 32.2. The number of pyridine rings is 1. The molecule has 0 bridgehead atoms. The summed E-state index contributed by atoms with van der Waals surface area (Å²) in [6, 6.07) is 6.47. The van der Waals surface area contributed by atoms with Crippen LogP contribution < -0.4 is 5.32 Å². The van der Waals surface area contributed by atoms with Gasteiger partial charge in [-0.25, -0.2) is 0 Å². The van der Waals surface area contributed by atoms with Gasteiger partial charge in [-0.1, -0.05) is 18.9 Å². The molecular weight excluding hydrogens is 228 g/mol. The van der Waals surface area contributed by atoms with Crippen LogP contribution in [0.1, 0.15) is 44.3 Å². The third kappa shape index (κ3) is 3.23. The van der Waals surface area contributed by atoms with Gasteiger partial charge in [0, 0.05) is 23.5 Å². The van der Waals surface area contributed by atoms with Crippen molar-refractivity contribution >= 4 is 11.8 Å². The van der Waals surface area contributed by atoms with Crippen molar-refractivity contribution in [3.63, 3.8) is 0 Å².